The quantitative estimate of drug-likeness (QED) is 0.615. The van der Waals surface area contributed by atoms with Gasteiger partial charge in [0.1, 0.15) is 5.75 Å². The minimum atomic E-state index is 0.310. The minimum Gasteiger partial charge on any atom is -0.512 e. The summed E-state index contributed by atoms with van der Waals surface area (Å²) in [5, 5.41) is 18.9. The first kappa shape index (κ1) is 14.1. The molecule has 0 saturated heterocycles. The highest BCUT2D eigenvalue weighted by atomic mass is 16.3. The Bertz CT molecular complexity index is 504. The van der Waals surface area contributed by atoms with E-state index in [0.29, 0.717) is 11.5 Å². The van der Waals surface area contributed by atoms with E-state index in [1.54, 1.807) is 19.1 Å². The molecule has 1 rings (SSSR count). The zero-order valence-corrected chi connectivity index (χ0v) is 11.2. The molecule has 0 unspecified atom stereocenters. The molecule has 0 amide bonds. The third-order valence-electron chi connectivity index (χ3n) is 2.90. The standard InChI is InChI=1S/C16H20O2/c1-5-14(8-11(2)13(4)17)10-15-6-7-16(18)12(3)9-15/h5-9,17-18H,1,10H2,2-4H3/b13-11+,14-8+. The lowest BCUT2D eigenvalue weighted by Gasteiger charge is -2.06. The number of aromatic hydroxyl groups is 1. The van der Waals surface area contributed by atoms with Crippen molar-refractivity contribution in [3.63, 3.8) is 0 Å². The molecule has 0 aliphatic heterocycles. The maximum absolute atomic E-state index is 9.48. The van der Waals surface area contributed by atoms with Gasteiger partial charge in [-0.2, -0.15) is 0 Å². The first-order chi connectivity index (χ1) is 8.43. The first-order valence-corrected chi connectivity index (χ1v) is 5.92. The van der Waals surface area contributed by atoms with Gasteiger partial charge in [0.05, 0.1) is 5.76 Å². The summed E-state index contributed by atoms with van der Waals surface area (Å²) in [4.78, 5) is 0. The van der Waals surface area contributed by atoms with E-state index in [1.165, 1.54) is 0 Å². The molecule has 1 aromatic rings. The zero-order chi connectivity index (χ0) is 13.7. The van der Waals surface area contributed by atoms with Crippen LogP contribution in [0.2, 0.25) is 0 Å². The van der Waals surface area contributed by atoms with Crippen LogP contribution in [0, 0.1) is 6.92 Å². The summed E-state index contributed by atoms with van der Waals surface area (Å²) in [5.41, 5.74) is 3.84. The van der Waals surface area contributed by atoms with Crippen LogP contribution >= 0.6 is 0 Å². The average molecular weight is 244 g/mol. The third kappa shape index (κ3) is 3.81. The number of phenolic OH excluding ortho intramolecular Hbond substituents is 1. The monoisotopic (exact) mass is 244 g/mol. The molecule has 0 saturated carbocycles. The molecule has 1 aromatic carbocycles. The third-order valence-corrected chi connectivity index (χ3v) is 2.90. The fourth-order valence-corrected chi connectivity index (χ4v) is 1.63. The van der Waals surface area contributed by atoms with E-state index in [0.717, 1.165) is 28.7 Å². The van der Waals surface area contributed by atoms with Crippen LogP contribution in [0.4, 0.5) is 0 Å². The second kappa shape index (κ2) is 6.10. The molecule has 0 atom stereocenters. The molecule has 0 bridgehead atoms. The highest BCUT2D eigenvalue weighted by molar-refractivity contribution is 5.39. The number of rotatable bonds is 4. The van der Waals surface area contributed by atoms with Crippen molar-refractivity contribution < 1.29 is 10.2 Å². The number of aliphatic hydroxyl groups excluding tert-OH is 1. The van der Waals surface area contributed by atoms with Gasteiger partial charge in [0.25, 0.3) is 0 Å². The van der Waals surface area contributed by atoms with Gasteiger partial charge >= 0.3 is 0 Å². The van der Waals surface area contributed by atoms with Gasteiger partial charge in [-0.25, -0.2) is 0 Å². The van der Waals surface area contributed by atoms with E-state index < -0.39 is 0 Å². The molecule has 18 heavy (non-hydrogen) atoms. The van der Waals surface area contributed by atoms with Gasteiger partial charge in [-0.1, -0.05) is 30.9 Å². The van der Waals surface area contributed by atoms with Crippen LogP contribution in [0.5, 0.6) is 5.75 Å². The number of aryl methyl sites for hydroxylation is 1. The van der Waals surface area contributed by atoms with Crippen molar-refractivity contribution in [3.8, 4) is 5.75 Å². The Morgan fingerprint density at radius 2 is 2.00 bits per heavy atom. The van der Waals surface area contributed by atoms with E-state index >= 15 is 0 Å². The highest BCUT2D eigenvalue weighted by Crippen LogP contribution is 2.20. The van der Waals surface area contributed by atoms with Gasteiger partial charge in [0, 0.05) is 0 Å². The Morgan fingerprint density at radius 3 is 2.50 bits per heavy atom. The van der Waals surface area contributed by atoms with Crippen LogP contribution in [0.1, 0.15) is 25.0 Å². The van der Waals surface area contributed by atoms with Gasteiger partial charge in [-0.15, -0.1) is 0 Å². The van der Waals surface area contributed by atoms with Crippen molar-refractivity contribution in [2.75, 3.05) is 0 Å². The van der Waals surface area contributed by atoms with Crippen LogP contribution in [0.15, 0.2) is 53.8 Å². The lowest BCUT2D eigenvalue weighted by Crippen LogP contribution is -1.90. The van der Waals surface area contributed by atoms with Crippen molar-refractivity contribution in [3.05, 3.63) is 65.0 Å². The topological polar surface area (TPSA) is 40.5 Å². The van der Waals surface area contributed by atoms with Gasteiger partial charge in [0.2, 0.25) is 0 Å². The zero-order valence-electron chi connectivity index (χ0n) is 11.2. The molecule has 96 valence electrons. The van der Waals surface area contributed by atoms with Crippen molar-refractivity contribution in [2.24, 2.45) is 0 Å². The molecule has 2 nitrogen and oxygen atoms in total. The van der Waals surface area contributed by atoms with Crippen LogP contribution in [-0.2, 0) is 6.42 Å². The van der Waals surface area contributed by atoms with Crippen LogP contribution in [-0.4, -0.2) is 10.2 Å². The molecule has 0 fully saturated rings. The fraction of sp³-hybridized carbons (Fsp3) is 0.250. The molecular formula is C16H20O2. The van der Waals surface area contributed by atoms with E-state index in [4.69, 9.17) is 0 Å². The number of benzene rings is 1. The maximum atomic E-state index is 9.48. The Balaban J connectivity index is 2.97. The van der Waals surface area contributed by atoms with Crippen LogP contribution < -0.4 is 0 Å². The van der Waals surface area contributed by atoms with E-state index in [2.05, 4.69) is 6.58 Å². The second-order valence-electron chi connectivity index (χ2n) is 4.49. The summed E-state index contributed by atoms with van der Waals surface area (Å²) < 4.78 is 0. The SMILES string of the molecule is C=C/C(=C\C(C)=C(/C)O)Cc1ccc(O)c(C)c1. The average Bonchev–Trinajstić information content (AvgIpc) is 2.32. The van der Waals surface area contributed by atoms with Crippen molar-refractivity contribution in [1.82, 2.24) is 0 Å². The molecule has 0 heterocycles. The van der Waals surface area contributed by atoms with Crippen molar-refractivity contribution >= 4 is 0 Å². The van der Waals surface area contributed by atoms with Gasteiger partial charge < -0.3 is 10.2 Å². The summed E-state index contributed by atoms with van der Waals surface area (Å²) in [6.07, 6.45) is 4.44. The summed E-state index contributed by atoms with van der Waals surface area (Å²) in [6.45, 7) is 9.19. The number of aliphatic hydroxyl groups is 1. The summed E-state index contributed by atoms with van der Waals surface area (Å²) in [7, 11) is 0. The van der Waals surface area contributed by atoms with Crippen molar-refractivity contribution in [2.45, 2.75) is 27.2 Å². The Morgan fingerprint density at radius 1 is 1.33 bits per heavy atom. The minimum absolute atomic E-state index is 0.310. The molecule has 0 aromatic heterocycles. The van der Waals surface area contributed by atoms with Crippen LogP contribution in [0.3, 0.4) is 0 Å². The first-order valence-electron chi connectivity index (χ1n) is 5.92. The van der Waals surface area contributed by atoms with Gasteiger partial charge in [-0.3, -0.25) is 0 Å². The summed E-state index contributed by atoms with van der Waals surface area (Å²) in [5.74, 6) is 0.626. The van der Waals surface area contributed by atoms with Crippen molar-refractivity contribution in [1.29, 1.82) is 0 Å². The Labute approximate surface area is 109 Å². The number of hydrogen-bond acceptors (Lipinski definition) is 2. The fourth-order valence-electron chi connectivity index (χ4n) is 1.63. The van der Waals surface area contributed by atoms with Gasteiger partial charge in [-0.05, 0) is 55.5 Å². The smallest absolute Gasteiger partial charge is 0.118 e. The molecular weight excluding hydrogens is 224 g/mol. The Kier molecular flexibility index (Phi) is 4.78. The predicted octanol–water partition coefficient (Wildman–Crippen LogP) is 4.21. The lowest BCUT2D eigenvalue weighted by atomic mass is 10.0. The summed E-state index contributed by atoms with van der Waals surface area (Å²) in [6, 6.07) is 5.55. The Hall–Kier alpha value is -1.96. The molecule has 2 heteroatoms. The predicted molar refractivity (Wildman–Crippen MR) is 75.8 cm³/mol. The van der Waals surface area contributed by atoms with Gasteiger partial charge in [0.15, 0.2) is 0 Å². The largest absolute Gasteiger partial charge is 0.512 e. The maximum Gasteiger partial charge on any atom is 0.118 e. The van der Waals surface area contributed by atoms with Crippen LogP contribution in [0.25, 0.3) is 0 Å². The lowest BCUT2D eigenvalue weighted by molar-refractivity contribution is 0.409. The molecule has 2 N–H and O–H groups in total. The van der Waals surface area contributed by atoms with E-state index in [9.17, 15) is 10.2 Å². The highest BCUT2D eigenvalue weighted by Gasteiger charge is 2.01. The number of phenols is 1. The number of hydrogen-bond donors (Lipinski definition) is 2. The molecule has 0 spiro atoms. The molecule has 0 radical (unpaired) electrons. The normalized spacial score (nSPS) is 13.2. The summed E-state index contributed by atoms with van der Waals surface area (Å²) >= 11 is 0. The second-order valence-corrected chi connectivity index (χ2v) is 4.49. The number of allylic oxidation sites excluding steroid dienone is 5. The van der Waals surface area contributed by atoms with E-state index in [1.807, 2.05) is 32.1 Å². The molecule has 0 aliphatic carbocycles. The van der Waals surface area contributed by atoms with E-state index in [-0.39, 0.29) is 0 Å². The molecule has 0 aliphatic rings.